The van der Waals surface area contributed by atoms with Crippen molar-refractivity contribution in [2.75, 3.05) is 0 Å². The highest BCUT2D eigenvalue weighted by atomic mass is 16.3. The van der Waals surface area contributed by atoms with E-state index in [9.17, 15) is 9.90 Å². The van der Waals surface area contributed by atoms with Gasteiger partial charge in [0.05, 0.1) is 18.5 Å². The second-order valence-corrected chi connectivity index (χ2v) is 12.0. The summed E-state index contributed by atoms with van der Waals surface area (Å²) in [5.74, 6) is 3.23. The lowest BCUT2D eigenvalue weighted by Crippen LogP contribution is -2.55. The van der Waals surface area contributed by atoms with Crippen LogP contribution in [0, 0.1) is 51.8 Å². The van der Waals surface area contributed by atoms with Crippen LogP contribution in [0.25, 0.3) is 0 Å². The van der Waals surface area contributed by atoms with Crippen LogP contribution in [-0.4, -0.2) is 26.0 Å². The van der Waals surface area contributed by atoms with Gasteiger partial charge in [-0.15, -0.1) is 0 Å². The molecule has 4 saturated carbocycles. The SMILES string of the molecule is CC12CCC3C(CCC4C[C@](C)(O)CC[C@@]43C)C1CCC2C(=O)Cn1cnc(C#N)c1. The molecule has 5 nitrogen and oxygen atoms in total. The second kappa shape index (κ2) is 7.17. The number of hydrogen-bond donors (Lipinski definition) is 1. The van der Waals surface area contributed by atoms with Crippen molar-refractivity contribution in [3.05, 3.63) is 18.2 Å². The molecule has 5 rings (SSSR count). The molecular weight excluding hydrogens is 386 g/mol. The van der Waals surface area contributed by atoms with Crippen LogP contribution in [0.5, 0.6) is 0 Å². The van der Waals surface area contributed by atoms with Gasteiger partial charge in [-0.2, -0.15) is 5.26 Å². The lowest BCUT2D eigenvalue weighted by molar-refractivity contribution is -0.151. The molecule has 0 aliphatic heterocycles. The molecule has 1 aromatic rings. The Balaban J connectivity index is 1.34. The van der Waals surface area contributed by atoms with Crippen molar-refractivity contribution >= 4 is 5.78 Å². The minimum atomic E-state index is -0.482. The normalized spacial score (nSPS) is 46.5. The van der Waals surface area contributed by atoms with Crippen molar-refractivity contribution in [3.63, 3.8) is 0 Å². The van der Waals surface area contributed by atoms with E-state index in [1.54, 1.807) is 17.1 Å². The van der Waals surface area contributed by atoms with Crippen LogP contribution in [0.2, 0.25) is 0 Å². The fourth-order valence-electron chi connectivity index (χ4n) is 8.75. The second-order valence-electron chi connectivity index (χ2n) is 12.0. The number of ketones is 1. The third-order valence-corrected chi connectivity index (χ3v) is 10.4. The Labute approximate surface area is 186 Å². The lowest BCUT2D eigenvalue weighted by Gasteiger charge is -2.61. The van der Waals surface area contributed by atoms with Crippen molar-refractivity contribution in [1.29, 1.82) is 5.26 Å². The Morgan fingerprint density at radius 1 is 1.13 bits per heavy atom. The van der Waals surface area contributed by atoms with Gasteiger partial charge in [0.2, 0.25) is 0 Å². The lowest BCUT2D eigenvalue weighted by atomic mass is 9.44. The van der Waals surface area contributed by atoms with Gasteiger partial charge in [-0.25, -0.2) is 4.98 Å². The summed E-state index contributed by atoms with van der Waals surface area (Å²) < 4.78 is 1.78. The van der Waals surface area contributed by atoms with Crippen molar-refractivity contribution in [2.24, 2.45) is 40.4 Å². The number of Topliss-reactive ketones (excluding diaryl/α,β-unsaturated/α-hetero) is 1. The van der Waals surface area contributed by atoms with Gasteiger partial charge in [-0.1, -0.05) is 13.8 Å². The van der Waals surface area contributed by atoms with Gasteiger partial charge in [0.15, 0.2) is 11.5 Å². The molecule has 0 saturated heterocycles. The third kappa shape index (κ3) is 3.28. The highest BCUT2D eigenvalue weighted by Crippen LogP contribution is 2.68. The van der Waals surface area contributed by atoms with E-state index in [-0.39, 0.29) is 11.3 Å². The van der Waals surface area contributed by atoms with Crippen LogP contribution >= 0.6 is 0 Å². The maximum atomic E-state index is 13.3. The summed E-state index contributed by atoms with van der Waals surface area (Å²) >= 11 is 0. The number of nitriles is 1. The molecule has 4 fully saturated rings. The van der Waals surface area contributed by atoms with E-state index in [0.717, 1.165) is 43.9 Å². The Morgan fingerprint density at radius 2 is 1.90 bits per heavy atom. The van der Waals surface area contributed by atoms with Crippen LogP contribution in [0.15, 0.2) is 12.5 Å². The van der Waals surface area contributed by atoms with E-state index in [4.69, 9.17) is 5.26 Å². The van der Waals surface area contributed by atoms with E-state index in [1.165, 1.54) is 25.7 Å². The number of fused-ring (bicyclic) bond motifs is 5. The summed E-state index contributed by atoms with van der Waals surface area (Å²) in [6.07, 6.45) is 13.4. The van der Waals surface area contributed by atoms with Gasteiger partial charge >= 0.3 is 0 Å². The van der Waals surface area contributed by atoms with E-state index >= 15 is 0 Å². The topological polar surface area (TPSA) is 78.9 Å². The maximum absolute atomic E-state index is 13.3. The van der Waals surface area contributed by atoms with Crippen LogP contribution < -0.4 is 0 Å². The summed E-state index contributed by atoms with van der Waals surface area (Å²) in [5.41, 5.74) is 0.364. The summed E-state index contributed by atoms with van der Waals surface area (Å²) in [6, 6.07) is 2.05. The number of aliphatic hydroxyl groups is 1. The number of rotatable bonds is 3. The average Bonchev–Trinajstić information content (AvgIpc) is 3.31. The van der Waals surface area contributed by atoms with Crippen LogP contribution in [-0.2, 0) is 11.3 Å². The highest BCUT2D eigenvalue weighted by Gasteiger charge is 2.61. The maximum Gasteiger partial charge on any atom is 0.158 e. The number of aromatic nitrogens is 2. The smallest absolute Gasteiger partial charge is 0.158 e. The molecule has 0 spiro atoms. The first-order chi connectivity index (χ1) is 14.7. The molecule has 8 atom stereocenters. The quantitative estimate of drug-likeness (QED) is 0.762. The molecule has 0 bridgehead atoms. The van der Waals surface area contributed by atoms with Gasteiger partial charge in [-0.05, 0) is 99.2 Å². The van der Waals surface area contributed by atoms with Gasteiger partial charge < -0.3 is 9.67 Å². The summed E-state index contributed by atoms with van der Waals surface area (Å²) in [5, 5.41) is 19.7. The zero-order valence-electron chi connectivity index (χ0n) is 19.3. The van der Waals surface area contributed by atoms with Crippen molar-refractivity contribution in [1.82, 2.24) is 9.55 Å². The minimum absolute atomic E-state index is 0.111. The Kier molecular flexibility index (Phi) is 4.90. The van der Waals surface area contributed by atoms with Crippen molar-refractivity contribution in [3.8, 4) is 6.07 Å². The third-order valence-electron chi connectivity index (χ3n) is 10.4. The molecule has 0 radical (unpaired) electrons. The zero-order chi connectivity index (χ0) is 22.0. The standard InChI is InChI=1S/C26H37N3O2/c1-24(31)10-11-25(2)17(12-24)4-5-19-20-6-7-22(26(20,3)9-8-21(19)25)23(30)15-29-14-18(13-27)28-16-29/h14,16-17,19-22,31H,4-12,15H2,1-3H3/t17?,19?,20?,21?,22?,24-,25+,26?/m1/s1. The first-order valence-corrected chi connectivity index (χ1v) is 12.3. The van der Waals surface area contributed by atoms with E-state index in [0.29, 0.717) is 35.3 Å². The molecule has 31 heavy (non-hydrogen) atoms. The zero-order valence-corrected chi connectivity index (χ0v) is 19.3. The van der Waals surface area contributed by atoms with Crippen molar-refractivity contribution < 1.29 is 9.90 Å². The fraction of sp³-hybridized carbons (Fsp3) is 0.808. The van der Waals surface area contributed by atoms with E-state index in [1.807, 2.05) is 13.0 Å². The molecule has 6 unspecified atom stereocenters. The van der Waals surface area contributed by atoms with Crippen LogP contribution in [0.3, 0.4) is 0 Å². The molecule has 0 aromatic carbocycles. The average molecular weight is 424 g/mol. The highest BCUT2D eigenvalue weighted by molar-refractivity contribution is 5.82. The Hall–Kier alpha value is -1.67. The molecule has 168 valence electrons. The molecule has 1 heterocycles. The first-order valence-electron chi connectivity index (χ1n) is 12.3. The number of carbonyl (C=O) groups is 1. The molecule has 1 aromatic heterocycles. The monoisotopic (exact) mass is 423 g/mol. The van der Waals surface area contributed by atoms with Crippen LogP contribution in [0.4, 0.5) is 0 Å². The molecule has 1 N–H and O–H groups in total. The number of hydrogen-bond acceptors (Lipinski definition) is 4. The van der Waals surface area contributed by atoms with Crippen molar-refractivity contribution in [2.45, 2.75) is 90.7 Å². The molecule has 0 amide bonds. The summed E-state index contributed by atoms with van der Waals surface area (Å²) in [6.45, 7) is 7.29. The van der Waals surface area contributed by atoms with Crippen LogP contribution in [0.1, 0.15) is 84.3 Å². The minimum Gasteiger partial charge on any atom is -0.390 e. The van der Waals surface area contributed by atoms with Gasteiger partial charge in [0.1, 0.15) is 6.07 Å². The summed E-state index contributed by atoms with van der Waals surface area (Å²) in [4.78, 5) is 17.4. The Morgan fingerprint density at radius 3 is 2.65 bits per heavy atom. The first kappa shape index (κ1) is 21.2. The summed E-state index contributed by atoms with van der Waals surface area (Å²) in [7, 11) is 0. The van der Waals surface area contributed by atoms with Gasteiger partial charge in [0, 0.05) is 12.1 Å². The number of nitrogens with zero attached hydrogens (tertiary/aromatic N) is 3. The largest absolute Gasteiger partial charge is 0.390 e. The number of imidazole rings is 1. The van der Waals surface area contributed by atoms with Gasteiger partial charge in [0.25, 0.3) is 0 Å². The van der Waals surface area contributed by atoms with E-state index in [2.05, 4.69) is 18.8 Å². The van der Waals surface area contributed by atoms with Gasteiger partial charge in [-0.3, -0.25) is 4.79 Å². The predicted molar refractivity (Wildman–Crippen MR) is 118 cm³/mol. The van der Waals surface area contributed by atoms with E-state index < -0.39 is 5.60 Å². The predicted octanol–water partition coefficient (Wildman–Crippen LogP) is 4.73. The Bertz CT molecular complexity index is 914. The molecule has 4 aliphatic carbocycles. The molecule has 5 heteroatoms. The molecule has 4 aliphatic rings. The molecular formula is C26H37N3O2. The fourth-order valence-corrected chi connectivity index (χ4v) is 8.75. The number of carbonyl (C=O) groups excluding carboxylic acids is 1.